The SMILES string of the molecule is CCCNS(=O)(=O)N1CCC(Oc2cccc(Cl)c2)CC1. The zero-order valence-corrected chi connectivity index (χ0v) is 13.7. The van der Waals surface area contributed by atoms with Crippen molar-refractivity contribution in [3.8, 4) is 5.75 Å². The van der Waals surface area contributed by atoms with E-state index in [1.54, 1.807) is 12.1 Å². The van der Waals surface area contributed by atoms with Gasteiger partial charge in [-0.25, -0.2) is 4.72 Å². The van der Waals surface area contributed by atoms with E-state index in [4.69, 9.17) is 16.3 Å². The van der Waals surface area contributed by atoms with Crippen LogP contribution in [0.5, 0.6) is 5.75 Å². The smallest absolute Gasteiger partial charge is 0.279 e. The van der Waals surface area contributed by atoms with Crippen LogP contribution in [0.2, 0.25) is 5.02 Å². The Hall–Kier alpha value is -0.820. The summed E-state index contributed by atoms with van der Waals surface area (Å²) in [5.41, 5.74) is 0. The summed E-state index contributed by atoms with van der Waals surface area (Å²) < 4.78 is 34.0. The summed E-state index contributed by atoms with van der Waals surface area (Å²) in [6.45, 7) is 3.36. The van der Waals surface area contributed by atoms with E-state index in [-0.39, 0.29) is 6.10 Å². The molecule has 0 aromatic heterocycles. The number of halogens is 1. The molecular formula is C14H21ClN2O3S. The standard InChI is InChI=1S/C14H21ClN2O3S/c1-2-8-16-21(18,19)17-9-6-13(7-10-17)20-14-5-3-4-12(15)11-14/h3-5,11,13,16H,2,6-10H2,1H3. The summed E-state index contributed by atoms with van der Waals surface area (Å²) in [5.74, 6) is 0.730. The van der Waals surface area contributed by atoms with Crippen molar-refractivity contribution in [3.05, 3.63) is 29.3 Å². The molecule has 0 unspecified atom stereocenters. The Balaban J connectivity index is 1.86. The second-order valence-electron chi connectivity index (χ2n) is 5.07. The molecule has 118 valence electrons. The maximum absolute atomic E-state index is 12.0. The first-order chi connectivity index (χ1) is 10.0. The Morgan fingerprint density at radius 3 is 2.71 bits per heavy atom. The molecule has 1 fully saturated rings. The molecular weight excluding hydrogens is 312 g/mol. The molecule has 7 heteroatoms. The van der Waals surface area contributed by atoms with E-state index in [9.17, 15) is 8.42 Å². The molecule has 21 heavy (non-hydrogen) atoms. The van der Waals surface area contributed by atoms with Crippen molar-refractivity contribution >= 4 is 21.8 Å². The zero-order valence-electron chi connectivity index (χ0n) is 12.1. The van der Waals surface area contributed by atoms with Crippen LogP contribution in [0.15, 0.2) is 24.3 Å². The predicted octanol–water partition coefficient (Wildman–Crippen LogP) is 2.43. The van der Waals surface area contributed by atoms with Crippen molar-refractivity contribution in [1.29, 1.82) is 0 Å². The lowest BCUT2D eigenvalue weighted by Gasteiger charge is -2.31. The first kappa shape index (κ1) is 16.5. The lowest BCUT2D eigenvalue weighted by atomic mass is 10.1. The molecule has 1 aromatic carbocycles. The lowest BCUT2D eigenvalue weighted by Crippen LogP contribution is -2.47. The van der Waals surface area contributed by atoms with Gasteiger partial charge < -0.3 is 4.74 Å². The summed E-state index contributed by atoms with van der Waals surface area (Å²) in [6, 6.07) is 7.26. The molecule has 1 saturated heterocycles. The number of piperidine rings is 1. The highest BCUT2D eigenvalue weighted by Gasteiger charge is 2.28. The first-order valence-corrected chi connectivity index (χ1v) is 9.00. The van der Waals surface area contributed by atoms with Crippen molar-refractivity contribution in [2.45, 2.75) is 32.3 Å². The third kappa shape index (κ3) is 4.85. The fourth-order valence-electron chi connectivity index (χ4n) is 2.25. The van der Waals surface area contributed by atoms with Gasteiger partial charge in [0.1, 0.15) is 11.9 Å². The fourth-order valence-corrected chi connectivity index (χ4v) is 3.76. The highest BCUT2D eigenvalue weighted by atomic mass is 35.5. The number of benzene rings is 1. The van der Waals surface area contributed by atoms with Gasteiger partial charge in [-0.15, -0.1) is 0 Å². The van der Waals surface area contributed by atoms with Crippen molar-refractivity contribution in [1.82, 2.24) is 9.03 Å². The molecule has 5 nitrogen and oxygen atoms in total. The molecule has 0 amide bonds. The van der Waals surface area contributed by atoms with Crippen LogP contribution in [-0.4, -0.2) is 38.5 Å². The van der Waals surface area contributed by atoms with E-state index in [0.717, 1.165) is 12.2 Å². The molecule has 0 bridgehead atoms. The van der Waals surface area contributed by atoms with E-state index in [0.29, 0.717) is 37.5 Å². The molecule has 1 aliphatic rings. The van der Waals surface area contributed by atoms with Gasteiger partial charge >= 0.3 is 0 Å². The lowest BCUT2D eigenvalue weighted by molar-refractivity contribution is 0.134. The summed E-state index contributed by atoms with van der Waals surface area (Å²) in [4.78, 5) is 0. The third-order valence-electron chi connectivity index (χ3n) is 3.37. The zero-order chi connectivity index (χ0) is 15.3. The number of hydrogen-bond acceptors (Lipinski definition) is 3. The van der Waals surface area contributed by atoms with Gasteiger partial charge in [0.2, 0.25) is 0 Å². The number of ether oxygens (including phenoxy) is 1. The molecule has 0 atom stereocenters. The normalized spacial score (nSPS) is 17.8. The largest absolute Gasteiger partial charge is 0.490 e. The predicted molar refractivity (Wildman–Crippen MR) is 83.9 cm³/mol. The minimum absolute atomic E-state index is 0.0288. The molecule has 0 aliphatic carbocycles. The van der Waals surface area contributed by atoms with E-state index in [1.807, 2.05) is 19.1 Å². The Morgan fingerprint density at radius 2 is 2.10 bits per heavy atom. The Bertz CT molecular complexity index is 557. The van der Waals surface area contributed by atoms with Crippen LogP contribution in [0.25, 0.3) is 0 Å². The minimum Gasteiger partial charge on any atom is -0.490 e. The molecule has 0 saturated carbocycles. The van der Waals surface area contributed by atoms with Crippen molar-refractivity contribution in [2.75, 3.05) is 19.6 Å². The summed E-state index contributed by atoms with van der Waals surface area (Å²) in [6.07, 6.45) is 2.17. The maximum Gasteiger partial charge on any atom is 0.279 e. The third-order valence-corrected chi connectivity index (χ3v) is 5.22. The Morgan fingerprint density at radius 1 is 1.38 bits per heavy atom. The highest BCUT2D eigenvalue weighted by Crippen LogP contribution is 2.22. The average Bonchev–Trinajstić information content (AvgIpc) is 2.46. The van der Waals surface area contributed by atoms with E-state index >= 15 is 0 Å². The summed E-state index contributed by atoms with van der Waals surface area (Å²) >= 11 is 5.92. The Labute approximate surface area is 131 Å². The quantitative estimate of drug-likeness (QED) is 0.870. The molecule has 2 rings (SSSR count). The molecule has 0 spiro atoms. The minimum atomic E-state index is -3.34. The molecule has 1 heterocycles. The van der Waals surface area contributed by atoms with Crippen LogP contribution >= 0.6 is 11.6 Å². The van der Waals surface area contributed by atoms with Crippen LogP contribution in [0, 0.1) is 0 Å². The van der Waals surface area contributed by atoms with Crippen LogP contribution in [0.1, 0.15) is 26.2 Å². The fraction of sp³-hybridized carbons (Fsp3) is 0.571. The van der Waals surface area contributed by atoms with Crippen molar-refractivity contribution in [2.24, 2.45) is 0 Å². The average molecular weight is 333 g/mol. The molecule has 0 radical (unpaired) electrons. The maximum atomic E-state index is 12.0. The molecule has 1 aromatic rings. The van der Waals surface area contributed by atoms with E-state index in [2.05, 4.69) is 4.72 Å². The number of nitrogens with one attached hydrogen (secondary N) is 1. The van der Waals surface area contributed by atoms with Crippen LogP contribution < -0.4 is 9.46 Å². The van der Waals surface area contributed by atoms with Gasteiger partial charge in [0.15, 0.2) is 0 Å². The number of nitrogens with zero attached hydrogens (tertiary/aromatic N) is 1. The topological polar surface area (TPSA) is 58.6 Å². The van der Waals surface area contributed by atoms with Gasteiger partial charge in [-0.2, -0.15) is 12.7 Å². The van der Waals surface area contributed by atoms with E-state index in [1.165, 1.54) is 4.31 Å². The van der Waals surface area contributed by atoms with Crippen LogP contribution in [-0.2, 0) is 10.2 Å². The van der Waals surface area contributed by atoms with Crippen molar-refractivity contribution in [3.63, 3.8) is 0 Å². The molecule has 1 N–H and O–H groups in total. The second-order valence-corrected chi connectivity index (χ2v) is 7.26. The van der Waals surface area contributed by atoms with Crippen molar-refractivity contribution < 1.29 is 13.2 Å². The summed E-state index contributed by atoms with van der Waals surface area (Å²) in [7, 11) is -3.34. The van der Waals surface area contributed by atoms with Gasteiger partial charge in [0.05, 0.1) is 0 Å². The number of hydrogen-bond donors (Lipinski definition) is 1. The van der Waals surface area contributed by atoms with Gasteiger partial charge in [0, 0.05) is 24.7 Å². The van der Waals surface area contributed by atoms with Crippen LogP contribution in [0.4, 0.5) is 0 Å². The van der Waals surface area contributed by atoms with Gasteiger partial charge in [-0.3, -0.25) is 0 Å². The van der Waals surface area contributed by atoms with Crippen LogP contribution in [0.3, 0.4) is 0 Å². The second kappa shape index (κ2) is 7.45. The monoisotopic (exact) mass is 332 g/mol. The Kier molecular flexibility index (Phi) is 5.87. The van der Waals surface area contributed by atoms with Gasteiger partial charge in [0.25, 0.3) is 10.2 Å². The summed E-state index contributed by atoms with van der Waals surface area (Å²) in [5, 5.41) is 0.635. The first-order valence-electron chi connectivity index (χ1n) is 7.18. The van der Waals surface area contributed by atoms with Gasteiger partial charge in [-0.05, 0) is 37.5 Å². The highest BCUT2D eigenvalue weighted by molar-refractivity contribution is 7.87. The molecule has 1 aliphatic heterocycles. The number of rotatable bonds is 6. The van der Waals surface area contributed by atoms with E-state index < -0.39 is 10.2 Å². The van der Waals surface area contributed by atoms with Gasteiger partial charge in [-0.1, -0.05) is 24.6 Å².